The molecule has 1 saturated heterocycles. The van der Waals surface area contributed by atoms with Gasteiger partial charge in [0.1, 0.15) is 11.9 Å². The van der Waals surface area contributed by atoms with Gasteiger partial charge in [0.25, 0.3) is 0 Å². The van der Waals surface area contributed by atoms with Crippen LogP contribution in [0.25, 0.3) is 0 Å². The Balaban J connectivity index is 2.07. The molecule has 0 atom stereocenters. The molecule has 1 aromatic carbocycles. The Morgan fingerprint density at radius 1 is 1.39 bits per heavy atom. The van der Waals surface area contributed by atoms with Gasteiger partial charge in [-0.1, -0.05) is 24.6 Å². The third-order valence-electron chi connectivity index (χ3n) is 3.09. The molecule has 2 rings (SSSR count). The molecular weight excluding hydrogens is 250 g/mol. The van der Waals surface area contributed by atoms with Crippen LogP contribution in [0, 0.1) is 0 Å². The average molecular weight is 270 g/mol. The van der Waals surface area contributed by atoms with Crippen molar-refractivity contribution in [2.45, 2.75) is 32.4 Å². The number of benzene rings is 1. The van der Waals surface area contributed by atoms with E-state index in [1.165, 1.54) is 0 Å². The first kappa shape index (κ1) is 13.7. The lowest BCUT2D eigenvalue weighted by molar-refractivity contribution is 0.0251. The summed E-state index contributed by atoms with van der Waals surface area (Å²) in [6, 6.07) is 5.84. The summed E-state index contributed by atoms with van der Waals surface area (Å²) in [4.78, 5) is 0. The third-order valence-corrected chi connectivity index (χ3v) is 3.44. The van der Waals surface area contributed by atoms with Crippen LogP contribution in [0.2, 0.25) is 5.02 Å². The van der Waals surface area contributed by atoms with Crippen LogP contribution in [0.1, 0.15) is 25.3 Å². The first-order chi connectivity index (χ1) is 8.81. The molecule has 0 bridgehead atoms. The van der Waals surface area contributed by atoms with Gasteiger partial charge in [-0.25, -0.2) is 0 Å². The number of hydrogen-bond acceptors (Lipinski definition) is 3. The molecule has 1 aliphatic rings. The Bertz CT molecular complexity index is 378. The Labute approximate surface area is 113 Å². The Morgan fingerprint density at radius 3 is 2.89 bits per heavy atom. The van der Waals surface area contributed by atoms with Gasteiger partial charge in [0.2, 0.25) is 0 Å². The van der Waals surface area contributed by atoms with E-state index in [9.17, 15) is 0 Å². The van der Waals surface area contributed by atoms with Crippen LogP contribution in [-0.2, 0) is 11.3 Å². The van der Waals surface area contributed by atoms with Crippen molar-refractivity contribution in [1.29, 1.82) is 0 Å². The van der Waals surface area contributed by atoms with Gasteiger partial charge in [0.15, 0.2) is 0 Å². The fourth-order valence-electron chi connectivity index (χ4n) is 2.04. The van der Waals surface area contributed by atoms with Crippen molar-refractivity contribution in [3.63, 3.8) is 0 Å². The highest BCUT2D eigenvalue weighted by molar-refractivity contribution is 6.31. The monoisotopic (exact) mass is 269 g/mol. The van der Waals surface area contributed by atoms with Crippen LogP contribution in [0.4, 0.5) is 0 Å². The molecule has 18 heavy (non-hydrogen) atoms. The van der Waals surface area contributed by atoms with E-state index in [-0.39, 0.29) is 6.10 Å². The minimum absolute atomic E-state index is 0.248. The summed E-state index contributed by atoms with van der Waals surface area (Å²) in [5, 5.41) is 4.06. The largest absolute Gasteiger partial charge is 0.490 e. The minimum atomic E-state index is 0.248. The maximum Gasteiger partial charge on any atom is 0.125 e. The van der Waals surface area contributed by atoms with Gasteiger partial charge in [-0.15, -0.1) is 0 Å². The summed E-state index contributed by atoms with van der Waals surface area (Å²) < 4.78 is 11.4. The summed E-state index contributed by atoms with van der Waals surface area (Å²) in [5.74, 6) is 0.898. The zero-order valence-electron chi connectivity index (χ0n) is 10.7. The molecule has 0 radical (unpaired) electrons. The Morgan fingerprint density at radius 2 is 2.17 bits per heavy atom. The summed E-state index contributed by atoms with van der Waals surface area (Å²) in [5.41, 5.74) is 1.05. The lowest BCUT2D eigenvalue weighted by atomic mass is 10.1. The van der Waals surface area contributed by atoms with E-state index in [4.69, 9.17) is 21.1 Å². The molecule has 0 spiro atoms. The predicted octanol–water partition coefficient (Wildman–Crippen LogP) is 3.01. The van der Waals surface area contributed by atoms with E-state index in [1.807, 2.05) is 18.2 Å². The van der Waals surface area contributed by atoms with E-state index >= 15 is 0 Å². The van der Waals surface area contributed by atoms with Gasteiger partial charge in [-0.05, 0) is 18.7 Å². The molecule has 1 N–H and O–H groups in total. The maximum absolute atomic E-state index is 6.24. The quantitative estimate of drug-likeness (QED) is 0.891. The van der Waals surface area contributed by atoms with Crippen molar-refractivity contribution in [2.75, 3.05) is 19.8 Å². The fourth-order valence-corrected chi connectivity index (χ4v) is 2.28. The lowest BCUT2D eigenvalue weighted by Crippen LogP contribution is -2.26. The molecule has 4 heteroatoms. The van der Waals surface area contributed by atoms with E-state index in [2.05, 4.69) is 12.2 Å². The van der Waals surface area contributed by atoms with Gasteiger partial charge in [0, 0.05) is 30.0 Å². The molecule has 1 fully saturated rings. The molecule has 1 aliphatic heterocycles. The molecule has 1 aromatic rings. The van der Waals surface area contributed by atoms with Gasteiger partial charge < -0.3 is 14.8 Å². The van der Waals surface area contributed by atoms with E-state index in [1.54, 1.807) is 0 Å². The Kier molecular flexibility index (Phi) is 5.29. The molecule has 3 nitrogen and oxygen atoms in total. The van der Waals surface area contributed by atoms with E-state index < -0.39 is 0 Å². The zero-order valence-corrected chi connectivity index (χ0v) is 11.5. The first-order valence-electron chi connectivity index (χ1n) is 6.53. The molecule has 0 amide bonds. The van der Waals surface area contributed by atoms with Crippen LogP contribution in [0.3, 0.4) is 0 Å². The van der Waals surface area contributed by atoms with Crippen molar-refractivity contribution in [3.05, 3.63) is 28.8 Å². The van der Waals surface area contributed by atoms with Crippen molar-refractivity contribution < 1.29 is 9.47 Å². The number of rotatable bonds is 5. The summed E-state index contributed by atoms with van der Waals surface area (Å²) >= 11 is 6.24. The highest BCUT2D eigenvalue weighted by atomic mass is 35.5. The van der Waals surface area contributed by atoms with Crippen molar-refractivity contribution in [3.8, 4) is 5.75 Å². The standard InChI is InChI=1S/C14H20ClNO2/c1-2-16-10-12-13(15)4-3-5-14(12)18-11-6-8-17-9-7-11/h3-5,11,16H,2,6-10H2,1H3. The minimum Gasteiger partial charge on any atom is -0.490 e. The zero-order chi connectivity index (χ0) is 12.8. The van der Waals surface area contributed by atoms with Crippen molar-refractivity contribution >= 4 is 11.6 Å². The third kappa shape index (κ3) is 3.61. The number of hydrogen-bond donors (Lipinski definition) is 1. The first-order valence-corrected chi connectivity index (χ1v) is 6.91. The second kappa shape index (κ2) is 6.98. The summed E-state index contributed by atoms with van der Waals surface area (Å²) in [6.07, 6.45) is 2.15. The smallest absolute Gasteiger partial charge is 0.125 e. The second-order valence-corrected chi connectivity index (χ2v) is 4.83. The van der Waals surface area contributed by atoms with Crippen LogP contribution in [0.15, 0.2) is 18.2 Å². The van der Waals surface area contributed by atoms with E-state index in [0.717, 1.165) is 55.5 Å². The Hall–Kier alpha value is -0.770. The lowest BCUT2D eigenvalue weighted by Gasteiger charge is -2.25. The van der Waals surface area contributed by atoms with E-state index in [0.29, 0.717) is 0 Å². The highest BCUT2D eigenvalue weighted by Crippen LogP contribution is 2.28. The fraction of sp³-hybridized carbons (Fsp3) is 0.571. The van der Waals surface area contributed by atoms with Crippen LogP contribution in [-0.4, -0.2) is 25.9 Å². The molecule has 0 unspecified atom stereocenters. The molecule has 0 saturated carbocycles. The topological polar surface area (TPSA) is 30.5 Å². The maximum atomic E-state index is 6.24. The summed E-state index contributed by atoms with van der Waals surface area (Å²) in [7, 11) is 0. The van der Waals surface area contributed by atoms with Gasteiger partial charge in [0.05, 0.1) is 13.2 Å². The number of nitrogens with one attached hydrogen (secondary N) is 1. The SMILES string of the molecule is CCNCc1c(Cl)cccc1OC1CCOCC1. The molecule has 0 aromatic heterocycles. The van der Waals surface area contributed by atoms with Crippen molar-refractivity contribution in [2.24, 2.45) is 0 Å². The molecule has 0 aliphatic carbocycles. The molecular formula is C14H20ClNO2. The van der Waals surface area contributed by atoms with Crippen LogP contribution in [0.5, 0.6) is 5.75 Å². The predicted molar refractivity (Wildman–Crippen MR) is 73.3 cm³/mol. The molecule has 100 valence electrons. The number of ether oxygens (including phenoxy) is 2. The van der Waals surface area contributed by atoms with Gasteiger partial charge in [-0.2, -0.15) is 0 Å². The van der Waals surface area contributed by atoms with Crippen molar-refractivity contribution in [1.82, 2.24) is 5.32 Å². The van der Waals surface area contributed by atoms with Gasteiger partial charge in [-0.3, -0.25) is 0 Å². The normalized spacial score (nSPS) is 16.8. The van der Waals surface area contributed by atoms with Crippen LogP contribution >= 0.6 is 11.6 Å². The van der Waals surface area contributed by atoms with Crippen LogP contribution < -0.4 is 10.1 Å². The van der Waals surface area contributed by atoms with Gasteiger partial charge >= 0.3 is 0 Å². The highest BCUT2D eigenvalue weighted by Gasteiger charge is 2.17. The average Bonchev–Trinajstić information content (AvgIpc) is 2.39. The number of halogens is 1. The second-order valence-electron chi connectivity index (χ2n) is 4.43. The molecule has 1 heterocycles. The summed E-state index contributed by atoms with van der Waals surface area (Å²) in [6.45, 7) is 5.31.